The van der Waals surface area contributed by atoms with E-state index in [0.717, 1.165) is 19.4 Å². The van der Waals surface area contributed by atoms with Gasteiger partial charge >= 0.3 is 0 Å². The highest BCUT2D eigenvalue weighted by atomic mass is 16.2. The van der Waals surface area contributed by atoms with Crippen LogP contribution in [0.3, 0.4) is 0 Å². The second-order valence-corrected chi connectivity index (χ2v) is 5.84. The molecule has 0 aliphatic carbocycles. The van der Waals surface area contributed by atoms with E-state index in [1.807, 2.05) is 30.1 Å². The minimum Gasteiger partial charge on any atom is -0.355 e. The van der Waals surface area contributed by atoms with Gasteiger partial charge in [0, 0.05) is 33.1 Å². The molecule has 1 aromatic carbocycles. The van der Waals surface area contributed by atoms with Crippen LogP contribution in [0.1, 0.15) is 18.9 Å². The van der Waals surface area contributed by atoms with E-state index in [2.05, 4.69) is 17.4 Å². The number of likely N-dealkylation sites (N-methyl/N-ethyl adjacent to an activating group) is 1. The van der Waals surface area contributed by atoms with Crippen LogP contribution in [0.2, 0.25) is 0 Å². The molecule has 5 heteroatoms. The van der Waals surface area contributed by atoms with Gasteiger partial charge in [-0.25, -0.2) is 0 Å². The number of nitrogens with zero attached hydrogens (tertiary/aromatic N) is 2. The van der Waals surface area contributed by atoms with Crippen molar-refractivity contribution in [3.05, 3.63) is 35.9 Å². The van der Waals surface area contributed by atoms with Gasteiger partial charge in [0.2, 0.25) is 11.8 Å². The molecule has 1 aromatic rings. The van der Waals surface area contributed by atoms with Gasteiger partial charge in [-0.05, 0) is 25.5 Å². The zero-order valence-corrected chi connectivity index (χ0v) is 13.4. The van der Waals surface area contributed by atoms with Crippen LogP contribution in [0.5, 0.6) is 0 Å². The number of hydrogen-bond acceptors (Lipinski definition) is 3. The van der Waals surface area contributed by atoms with Gasteiger partial charge < -0.3 is 10.2 Å². The molecule has 1 aliphatic rings. The summed E-state index contributed by atoms with van der Waals surface area (Å²) in [5.74, 6) is 0.0523. The van der Waals surface area contributed by atoms with Crippen molar-refractivity contribution in [2.75, 3.05) is 33.2 Å². The lowest BCUT2D eigenvalue weighted by molar-refractivity contribution is -0.135. The van der Waals surface area contributed by atoms with Gasteiger partial charge in [-0.1, -0.05) is 30.3 Å². The first-order chi connectivity index (χ1) is 10.6. The van der Waals surface area contributed by atoms with E-state index in [9.17, 15) is 9.59 Å². The predicted octanol–water partition coefficient (Wildman–Crippen LogP) is 0.898. The average molecular weight is 303 g/mol. The maximum Gasteiger partial charge on any atom is 0.239 e. The van der Waals surface area contributed by atoms with Gasteiger partial charge in [-0.3, -0.25) is 14.5 Å². The van der Waals surface area contributed by atoms with Gasteiger partial charge in [-0.2, -0.15) is 0 Å². The van der Waals surface area contributed by atoms with E-state index in [1.165, 1.54) is 5.56 Å². The zero-order chi connectivity index (χ0) is 15.9. The molecule has 5 nitrogen and oxygen atoms in total. The minimum absolute atomic E-state index is 0.0153. The molecule has 1 N–H and O–H groups in total. The van der Waals surface area contributed by atoms with E-state index >= 15 is 0 Å². The average Bonchev–Trinajstić information content (AvgIpc) is 2.52. The van der Waals surface area contributed by atoms with Crippen LogP contribution in [0.4, 0.5) is 0 Å². The van der Waals surface area contributed by atoms with Crippen molar-refractivity contribution < 1.29 is 9.59 Å². The predicted molar refractivity (Wildman–Crippen MR) is 86.4 cm³/mol. The summed E-state index contributed by atoms with van der Waals surface area (Å²) < 4.78 is 0. The Morgan fingerprint density at radius 2 is 1.95 bits per heavy atom. The lowest BCUT2D eigenvalue weighted by Gasteiger charge is -2.38. The van der Waals surface area contributed by atoms with Gasteiger partial charge in [-0.15, -0.1) is 0 Å². The summed E-state index contributed by atoms with van der Waals surface area (Å²) >= 11 is 0. The van der Waals surface area contributed by atoms with Crippen molar-refractivity contribution in [1.29, 1.82) is 0 Å². The summed E-state index contributed by atoms with van der Waals surface area (Å²) in [5, 5.41) is 2.99. The lowest BCUT2D eigenvalue weighted by Crippen LogP contribution is -2.58. The van der Waals surface area contributed by atoms with E-state index in [4.69, 9.17) is 0 Å². The zero-order valence-electron chi connectivity index (χ0n) is 13.4. The van der Waals surface area contributed by atoms with E-state index < -0.39 is 0 Å². The summed E-state index contributed by atoms with van der Waals surface area (Å²) in [5.41, 5.74) is 1.29. The fourth-order valence-corrected chi connectivity index (χ4v) is 2.71. The van der Waals surface area contributed by atoms with Gasteiger partial charge in [0.25, 0.3) is 0 Å². The molecule has 2 amide bonds. The number of carbonyl (C=O) groups is 2. The number of carbonyl (C=O) groups excluding carboxylic acids is 2. The number of hydrogen-bond donors (Lipinski definition) is 1. The number of aryl methyl sites for hydroxylation is 1. The Balaban J connectivity index is 1.75. The highest BCUT2D eigenvalue weighted by Gasteiger charge is 2.30. The molecule has 1 unspecified atom stereocenters. The van der Waals surface area contributed by atoms with Crippen LogP contribution in [-0.2, 0) is 16.0 Å². The molecule has 0 saturated carbocycles. The molecule has 0 spiro atoms. The number of rotatable bonds is 5. The number of nitrogens with one attached hydrogen (secondary N) is 1. The molecule has 1 fully saturated rings. The molecule has 1 heterocycles. The van der Waals surface area contributed by atoms with Crippen LogP contribution in [0.15, 0.2) is 30.3 Å². The molecular formula is C17H25N3O2. The lowest BCUT2D eigenvalue weighted by atomic mass is 10.1. The Morgan fingerprint density at radius 1 is 1.23 bits per heavy atom. The minimum atomic E-state index is -0.241. The van der Waals surface area contributed by atoms with Crippen LogP contribution >= 0.6 is 0 Å². The fourth-order valence-electron chi connectivity index (χ4n) is 2.71. The Kier molecular flexibility index (Phi) is 5.95. The molecular weight excluding hydrogens is 278 g/mol. The highest BCUT2D eigenvalue weighted by Crippen LogP contribution is 2.08. The van der Waals surface area contributed by atoms with E-state index in [1.54, 1.807) is 11.8 Å². The molecule has 2 rings (SSSR count). The Morgan fingerprint density at radius 3 is 2.64 bits per heavy atom. The van der Waals surface area contributed by atoms with Crippen molar-refractivity contribution >= 4 is 11.8 Å². The fraction of sp³-hybridized carbons (Fsp3) is 0.529. The maximum atomic E-state index is 12.3. The second kappa shape index (κ2) is 7.94. The molecule has 120 valence electrons. The molecule has 0 bridgehead atoms. The van der Waals surface area contributed by atoms with Crippen molar-refractivity contribution in [2.45, 2.75) is 25.8 Å². The maximum absolute atomic E-state index is 12.3. The third kappa shape index (κ3) is 4.56. The molecule has 1 saturated heterocycles. The van der Waals surface area contributed by atoms with Crippen molar-refractivity contribution in [3.63, 3.8) is 0 Å². The van der Waals surface area contributed by atoms with Crippen LogP contribution < -0.4 is 5.32 Å². The Labute approximate surface area is 132 Å². The van der Waals surface area contributed by atoms with Gasteiger partial charge in [0.1, 0.15) is 6.04 Å². The summed E-state index contributed by atoms with van der Waals surface area (Å²) in [7, 11) is 1.94. The van der Waals surface area contributed by atoms with Gasteiger partial charge in [0.05, 0.1) is 0 Å². The summed E-state index contributed by atoms with van der Waals surface area (Å²) in [6.07, 6.45) is 1.88. The molecule has 0 radical (unpaired) electrons. The second-order valence-electron chi connectivity index (χ2n) is 5.84. The highest BCUT2D eigenvalue weighted by molar-refractivity contribution is 5.83. The molecule has 0 aromatic heterocycles. The largest absolute Gasteiger partial charge is 0.355 e. The number of amides is 2. The summed E-state index contributed by atoms with van der Waals surface area (Å²) in [6, 6.07) is 10.0. The molecule has 1 atom stereocenters. The summed E-state index contributed by atoms with van der Waals surface area (Å²) in [6.45, 7) is 4.14. The number of piperazine rings is 1. The molecule has 22 heavy (non-hydrogen) atoms. The third-order valence-electron chi connectivity index (χ3n) is 4.18. The monoisotopic (exact) mass is 303 g/mol. The SMILES string of the molecule is CC(=O)N1CCN(C)C(C(=O)NCCCc2ccccc2)C1. The standard InChI is InChI=1S/C17H25N3O2/c1-14(21)20-12-11-19(2)16(13-20)17(22)18-10-6-9-15-7-4-3-5-8-15/h3-5,7-8,16H,6,9-13H2,1-2H3,(H,18,22). The first-order valence-corrected chi connectivity index (χ1v) is 7.85. The van der Waals surface area contributed by atoms with Crippen molar-refractivity contribution in [3.8, 4) is 0 Å². The van der Waals surface area contributed by atoms with Crippen molar-refractivity contribution in [1.82, 2.24) is 15.1 Å². The Hall–Kier alpha value is -1.88. The van der Waals surface area contributed by atoms with Crippen molar-refractivity contribution in [2.24, 2.45) is 0 Å². The smallest absolute Gasteiger partial charge is 0.239 e. The van der Waals surface area contributed by atoms with Crippen LogP contribution in [-0.4, -0.2) is 60.9 Å². The topological polar surface area (TPSA) is 52.7 Å². The van der Waals surface area contributed by atoms with E-state index in [0.29, 0.717) is 19.6 Å². The van der Waals surface area contributed by atoms with Crippen LogP contribution in [0, 0.1) is 0 Å². The third-order valence-corrected chi connectivity index (χ3v) is 4.18. The quantitative estimate of drug-likeness (QED) is 0.822. The van der Waals surface area contributed by atoms with Crippen LogP contribution in [0.25, 0.3) is 0 Å². The first kappa shape index (κ1) is 16.5. The van der Waals surface area contributed by atoms with Gasteiger partial charge in [0.15, 0.2) is 0 Å². The number of benzene rings is 1. The normalized spacial score (nSPS) is 19.0. The summed E-state index contributed by atoms with van der Waals surface area (Å²) in [4.78, 5) is 27.5. The first-order valence-electron chi connectivity index (χ1n) is 7.85. The molecule has 1 aliphatic heterocycles. The van der Waals surface area contributed by atoms with E-state index in [-0.39, 0.29) is 17.9 Å². The Bertz CT molecular complexity index is 504.